The summed E-state index contributed by atoms with van der Waals surface area (Å²) in [6.45, 7) is 2.13. The first-order chi connectivity index (χ1) is 8.11. The minimum Gasteiger partial charge on any atom is -0.491 e. The van der Waals surface area contributed by atoms with Gasteiger partial charge in [-0.25, -0.2) is 4.39 Å². The molecule has 96 valence electrons. The monoisotopic (exact) mass is 260 g/mol. The van der Waals surface area contributed by atoms with Gasteiger partial charge in [0.25, 0.3) is 0 Å². The van der Waals surface area contributed by atoms with Gasteiger partial charge in [-0.05, 0) is 44.0 Å². The Morgan fingerprint density at radius 2 is 1.94 bits per heavy atom. The van der Waals surface area contributed by atoms with E-state index in [0.29, 0.717) is 12.2 Å². The molecule has 0 radical (unpaired) electrons. The highest BCUT2D eigenvalue weighted by atomic mass is 31.0. The molecule has 0 spiro atoms. The van der Waals surface area contributed by atoms with Gasteiger partial charge in [-0.15, -0.1) is 0 Å². The van der Waals surface area contributed by atoms with Gasteiger partial charge in [0.05, 0.1) is 12.2 Å². The van der Waals surface area contributed by atoms with Crippen molar-refractivity contribution in [2.45, 2.75) is 32.0 Å². The van der Waals surface area contributed by atoms with E-state index in [-0.39, 0.29) is 18.5 Å². The molecular weight excluding hydrogens is 242 g/mol. The lowest BCUT2D eigenvalue weighted by Crippen LogP contribution is -2.19. The lowest BCUT2D eigenvalue weighted by atomic mass is 10.1. The first kappa shape index (κ1) is 14.4. The molecule has 0 bridgehead atoms. The highest BCUT2D eigenvalue weighted by Gasteiger charge is 2.08. The fraction of sp³-hybridized carbons (Fsp3) is 0.500. The number of aliphatic hydroxyl groups is 1. The molecule has 1 aromatic carbocycles. The molecular formula is C12H18FO3P. The predicted octanol–water partition coefficient (Wildman–Crippen LogP) is 2.54. The second-order valence-electron chi connectivity index (χ2n) is 3.94. The molecule has 1 aromatic rings. The van der Waals surface area contributed by atoms with E-state index in [1.54, 1.807) is 0 Å². The topological polar surface area (TPSA) is 38.7 Å². The Kier molecular flexibility index (Phi) is 6.41. The zero-order chi connectivity index (χ0) is 12.7. The van der Waals surface area contributed by atoms with Crippen LogP contribution in [0, 0.1) is 5.82 Å². The lowest BCUT2D eigenvalue weighted by molar-refractivity contribution is 0.0876. The highest BCUT2D eigenvalue weighted by molar-refractivity contribution is 7.09. The molecule has 2 unspecified atom stereocenters. The van der Waals surface area contributed by atoms with E-state index in [0.717, 1.165) is 6.42 Å². The normalized spacial score (nSPS) is 14.4. The lowest BCUT2D eigenvalue weighted by Gasteiger charge is -2.14. The average Bonchev–Trinajstić information content (AvgIpc) is 2.35. The number of halogens is 1. The minimum absolute atomic E-state index is 0.0977. The van der Waals surface area contributed by atoms with Gasteiger partial charge < -0.3 is 14.4 Å². The van der Waals surface area contributed by atoms with Crippen LogP contribution in [0.4, 0.5) is 4.39 Å². The van der Waals surface area contributed by atoms with Gasteiger partial charge in [-0.2, -0.15) is 0 Å². The molecule has 1 rings (SSSR count). The second kappa shape index (κ2) is 7.59. The van der Waals surface area contributed by atoms with E-state index in [9.17, 15) is 9.50 Å². The molecule has 0 aromatic heterocycles. The van der Waals surface area contributed by atoms with Gasteiger partial charge in [-0.1, -0.05) is 0 Å². The molecule has 0 aliphatic rings. The van der Waals surface area contributed by atoms with Crippen molar-refractivity contribution in [1.82, 2.24) is 0 Å². The van der Waals surface area contributed by atoms with Crippen LogP contribution in [0.3, 0.4) is 0 Å². The maximum Gasteiger partial charge on any atom is 0.123 e. The molecule has 1 N–H and O–H groups in total. The molecule has 0 aliphatic heterocycles. The third-order valence-electron chi connectivity index (χ3n) is 2.39. The van der Waals surface area contributed by atoms with E-state index in [1.807, 2.05) is 6.92 Å². The van der Waals surface area contributed by atoms with Gasteiger partial charge in [-0.3, -0.25) is 0 Å². The van der Waals surface area contributed by atoms with E-state index in [4.69, 9.17) is 9.26 Å². The van der Waals surface area contributed by atoms with Crippen LogP contribution in [-0.4, -0.2) is 23.9 Å². The average molecular weight is 260 g/mol. The summed E-state index contributed by atoms with van der Waals surface area (Å²) in [5, 5.41) is 9.65. The molecule has 0 saturated carbocycles. The van der Waals surface area contributed by atoms with E-state index in [1.165, 1.54) is 24.3 Å². The Bertz CT molecular complexity index is 318. The van der Waals surface area contributed by atoms with Crippen LogP contribution in [-0.2, 0) is 4.52 Å². The molecule has 0 fully saturated rings. The van der Waals surface area contributed by atoms with Gasteiger partial charge in [0.1, 0.15) is 18.2 Å². The molecule has 0 aliphatic carbocycles. The molecule has 3 atom stereocenters. The van der Waals surface area contributed by atoms with Crippen molar-refractivity contribution in [3.05, 3.63) is 30.1 Å². The van der Waals surface area contributed by atoms with Crippen LogP contribution in [0.25, 0.3) is 0 Å². The smallest absolute Gasteiger partial charge is 0.123 e. The highest BCUT2D eigenvalue weighted by Crippen LogP contribution is 2.13. The summed E-state index contributed by atoms with van der Waals surface area (Å²) in [5.41, 5.74) is 0. The summed E-state index contributed by atoms with van der Waals surface area (Å²) >= 11 is 0. The Morgan fingerprint density at radius 3 is 2.53 bits per heavy atom. The Labute approximate surface area is 103 Å². The van der Waals surface area contributed by atoms with E-state index in [2.05, 4.69) is 9.47 Å². The van der Waals surface area contributed by atoms with Crippen LogP contribution < -0.4 is 4.74 Å². The van der Waals surface area contributed by atoms with Gasteiger partial charge in [0.15, 0.2) is 0 Å². The quantitative estimate of drug-likeness (QED) is 0.766. The van der Waals surface area contributed by atoms with Crippen LogP contribution in [0.1, 0.15) is 19.8 Å². The van der Waals surface area contributed by atoms with Crippen LogP contribution in [0.5, 0.6) is 5.75 Å². The summed E-state index contributed by atoms with van der Waals surface area (Å²) in [4.78, 5) is 0. The number of rotatable bonds is 7. The summed E-state index contributed by atoms with van der Waals surface area (Å²) in [6, 6.07) is 5.73. The first-order valence-electron chi connectivity index (χ1n) is 5.53. The molecule has 0 amide bonds. The van der Waals surface area contributed by atoms with E-state index >= 15 is 0 Å². The van der Waals surface area contributed by atoms with Gasteiger partial charge in [0, 0.05) is 9.47 Å². The maximum absolute atomic E-state index is 12.6. The first-order valence-corrected chi connectivity index (χ1v) is 6.01. The van der Waals surface area contributed by atoms with Gasteiger partial charge >= 0.3 is 0 Å². The van der Waals surface area contributed by atoms with Crippen molar-refractivity contribution in [3.8, 4) is 5.75 Å². The Morgan fingerprint density at radius 1 is 1.29 bits per heavy atom. The number of hydrogen-bond donors (Lipinski definition) is 1. The van der Waals surface area contributed by atoms with Gasteiger partial charge in [0.2, 0.25) is 0 Å². The minimum atomic E-state index is -0.539. The summed E-state index contributed by atoms with van der Waals surface area (Å²) in [5.74, 6) is 0.255. The number of benzene rings is 1. The van der Waals surface area contributed by atoms with Crippen molar-refractivity contribution in [2.24, 2.45) is 0 Å². The maximum atomic E-state index is 12.6. The van der Waals surface area contributed by atoms with E-state index < -0.39 is 6.10 Å². The molecule has 0 heterocycles. The fourth-order valence-corrected chi connectivity index (χ4v) is 1.44. The Hall–Kier alpha value is -0.700. The van der Waals surface area contributed by atoms with Crippen LogP contribution in [0.2, 0.25) is 0 Å². The standard InChI is InChI=1S/C12H18FO3P/c1-9(16-17)2-5-11(14)8-15-12-6-3-10(13)4-7-12/h3-4,6-7,9,11,14H,2,5,8,17H2,1H3/t9?,11-/m0/s1. The van der Waals surface area contributed by atoms with Crippen molar-refractivity contribution < 1.29 is 18.8 Å². The van der Waals surface area contributed by atoms with Crippen molar-refractivity contribution in [2.75, 3.05) is 6.61 Å². The predicted molar refractivity (Wildman–Crippen MR) is 67.4 cm³/mol. The third kappa shape index (κ3) is 5.97. The largest absolute Gasteiger partial charge is 0.491 e. The Balaban J connectivity index is 2.23. The summed E-state index contributed by atoms with van der Waals surface area (Å²) < 4.78 is 22.9. The van der Waals surface area contributed by atoms with Crippen molar-refractivity contribution in [1.29, 1.82) is 0 Å². The second-order valence-corrected chi connectivity index (χ2v) is 4.21. The van der Waals surface area contributed by atoms with Crippen molar-refractivity contribution in [3.63, 3.8) is 0 Å². The van der Waals surface area contributed by atoms with Crippen LogP contribution >= 0.6 is 9.47 Å². The van der Waals surface area contributed by atoms with Crippen LogP contribution in [0.15, 0.2) is 24.3 Å². The molecule has 5 heteroatoms. The molecule has 0 saturated heterocycles. The number of hydrogen-bond acceptors (Lipinski definition) is 3. The zero-order valence-corrected chi connectivity index (χ0v) is 11.0. The SMILES string of the molecule is CC(CC[C@H](O)COc1ccc(F)cc1)OP. The zero-order valence-electron chi connectivity index (χ0n) is 9.80. The summed E-state index contributed by atoms with van der Waals surface area (Å²) in [7, 11) is 2.20. The third-order valence-corrected chi connectivity index (χ3v) is 2.86. The molecule has 3 nitrogen and oxygen atoms in total. The fourth-order valence-electron chi connectivity index (χ4n) is 1.30. The number of aliphatic hydroxyl groups excluding tert-OH is 1. The molecule has 17 heavy (non-hydrogen) atoms. The summed E-state index contributed by atoms with van der Waals surface area (Å²) in [6.07, 6.45) is 0.928. The van der Waals surface area contributed by atoms with Crippen molar-refractivity contribution >= 4 is 9.47 Å². The number of ether oxygens (including phenoxy) is 1.